The van der Waals surface area contributed by atoms with Gasteiger partial charge in [0, 0.05) is 6.54 Å². The van der Waals surface area contributed by atoms with Gasteiger partial charge in [0.2, 0.25) is 0 Å². The molecule has 0 heterocycles. The van der Waals surface area contributed by atoms with Crippen LogP contribution in [0.15, 0.2) is 42.5 Å². The molecule has 7 heteroatoms. The maximum atomic E-state index is 12.0. The molecule has 0 saturated carbocycles. The van der Waals surface area contributed by atoms with Gasteiger partial charge in [0.25, 0.3) is 5.91 Å². The Balaban J connectivity index is 1.71. The lowest BCUT2D eigenvalue weighted by Gasteiger charge is -2.12. The Kier molecular flexibility index (Phi) is 10.2. The van der Waals surface area contributed by atoms with Crippen LogP contribution in [0.1, 0.15) is 31.9 Å². The fourth-order valence-electron chi connectivity index (χ4n) is 2.88. The third-order valence-electron chi connectivity index (χ3n) is 4.29. The van der Waals surface area contributed by atoms with Gasteiger partial charge >= 0.3 is 5.97 Å². The number of rotatable bonds is 13. The van der Waals surface area contributed by atoms with Crippen LogP contribution in [0.4, 0.5) is 0 Å². The largest absolute Gasteiger partial charge is 0.494 e. The first-order valence-corrected chi connectivity index (χ1v) is 10.6. The van der Waals surface area contributed by atoms with E-state index in [-0.39, 0.29) is 18.9 Å². The highest BCUT2D eigenvalue weighted by Gasteiger charge is 2.10. The van der Waals surface area contributed by atoms with Crippen LogP contribution in [0.2, 0.25) is 0 Å². The zero-order valence-electron chi connectivity index (χ0n) is 18.4. The fraction of sp³-hybridized carbons (Fsp3) is 0.417. The third-order valence-corrected chi connectivity index (χ3v) is 4.29. The van der Waals surface area contributed by atoms with Crippen molar-refractivity contribution in [3.05, 3.63) is 53.6 Å². The number of esters is 1. The zero-order valence-corrected chi connectivity index (χ0v) is 18.4. The topological polar surface area (TPSA) is 83.1 Å². The number of ether oxygens (including phenoxy) is 4. The van der Waals surface area contributed by atoms with Crippen molar-refractivity contribution >= 4 is 11.9 Å². The van der Waals surface area contributed by atoms with E-state index in [2.05, 4.69) is 5.32 Å². The highest BCUT2D eigenvalue weighted by molar-refractivity contribution is 5.81. The molecule has 0 unspecified atom stereocenters. The maximum absolute atomic E-state index is 12.0. The van der Waals surface area contributed by atoms with E-state index in [0.717, 1.165) is 16.9 Å². The average Bonchev–Trinajstić information content (AvgIpc) is 2.76. The van der Waals surface area contributed by atoms with Crippen LogP contribution in [0, 0.1) is 0 Å². The van der Waals surface area contributed by atoms with Gasteiger partial charge in [-0.1, -0.05) is 18.2 Å². The zero-order chi connectivity index (χ0) is 22.5. The monoisotopic (exact) mass is 429 g/mol. The summed E-state index contributed by atoms with van der Waals surface area (Å²) in [6.45, 7) is 7.56. The van der Waals surface area contributed by atoms with Gasteiger partial charge in [0.1, 0.15) is 5.75 Å². The molecular weight excluding hydrogens is 398 g/mol. The van der Waals surface area contributed by atoms with Gasteiger partial charge in [0.15, 0.2) is 18.1 Å². The van der Waals surface area contributed by atoms with Gasteiger partial charge in [-0.15, -0.1) is 0 Å². The molecule has 2 aromatic carbocycles. The van der Waals surface area contributed by atoms with Crippen molar-refractivity contribution in [2.45, 2.75) is 33.6 Å². The molecule has 0 aliphatic heterocycles. The maximum Gasteiger partial charge on any atom is 0.310 e. The summed E-state index contributed by atoms with van der Waals surface area (Å²) in [6, 6.07) is 12.9. The van der Waals surface area contributed by atoms with Crippen LogP contribution in [0.5, 0.6) is 17.2 Å². The quantitative estimate of drug-likeness (QED) is 0.492. The summed E-state index contributed by atoms with van der Waals surface area (Å²) in [5, 5.41) is 2.76. The smallest absolute Gasteiger partial charge is 0.310 e. The van der Waals surface area contributed by atoms with Gasteiger partial charge in [-0.3, -0.25) is 9.59 Å². The first kappa shape index (κ1) is 24.1. The van der Waals surface area contributed by atoms with Gasteiger partial charge < -0.3 is 24.3 Å². The van der Waals surface area contributed by atoms with Crippen molar-refractivity contribution in [1.82, 2.24) is 5.32 Å². The van der Waals surface area contributed by atoms with Gasteiger partial charge in [0.05, 0.1) is 26.2 Å². The molecule has 0 aromatic heterocycles. The predicted octanol–water partition coefficient (Wildman–Crippen LogP) is 3.33. The first-order chi connectivity index (χ1) is 15.0. The number of carbonyl (C=O) groups is 2. The molecule has 0 spiro atoms. The van der Waals surface area contributed by atoms with Crippen LogP contribution in [-0.2, 0) is 27.2 Å². The van der Waals surface area contributed by atoms with Crippen LogP contribution in [-0.4, -0.2) is 44.8 Å². The summed E-state index contributed by atoms with van der Waals surface area (Å²) >= 11 is 0. The molecule has 7 nitrogen and oxygen atoms in total. The van der Waals surface area contributed by atoms with E-state index in [1.54, 1.807) is 24.3 Å². The molecule has 2 rings (SSSR count). The molecule has 31 heavy (non-hydrogen) atoms. The summed E-state index contributed by atoms with van der Waals surface area (Å²) in [6.07, 6.45) is 0.727. The molecule has 0 saturated heterocycles. The summed E-state index contributed by atoms with van der Waals surface area (Å²) in [5.74, 6) is 1.36. The van der Waals surface area contributed by atoms with Crippen LogP contribution in [0.25, 0.3) is 0 Å². The number of hydrogen-bond acceptors (Lipinski definition) is 6. The molecule has 168 valence electrons. The second-order valence-electron chi connectivity index (χ2n) is 6.66. The van der Waals surface area contributed by atoms with Gasteiger partial charge in [-0.2, -0.15) is 0 Å². The summed E-state index contributed by atoms with van der Waals surface area (Å²) in [4.78, 5) is 23.9. The van der Waals surface area contributed by atoms with Crippen LogP contribution in [0.3, 0.4) is 0 Å². The molecule has 0 radical (unpaired) electrons. The number of benzene rings is 2. The predicted molar refractivity (Wildman–Crippen MR) is 118 cm³/mol. The molecule has 0 fully saturated rings. The molecular formula is C24H31NO6. The van der Waals surface area contributed by atoms with Crippen molar-refractivity contribution in [3.8, 4) is 17.2 Å². The fourth-order valence-corrected chi connectivity index (χ4v) is 2.88. The molecule has 1 amide bonds. The minimum atomic E-state index is -0.452. The summed E-state index contributed by atoms with van der Waals surface area (Å²) < 4.78 is 21.6. The van der Waals surface area contributed by atoms with Gasteiger partial charge in [-0.25, -0.2) is 0 Å². The van der Waals surface area contributed by atoms with Crippen LogP contribution < -0.4 is 19.5 Å². The lowest BCUT2D eigenvalue weighted by Crippen LogP contribution is -2.30. The Morgan fingerprint density at radius 1 is 0.806 bits per heavy atom. The lowest BCUT2D eigenvalue weighted by molar-refractivity contribution is -0.147. The minimum absolute atomic E-state index is 0.103. The van der Waals surface area contributed by atoms with E-state index in [4.69, 9.17) is 18.9 Å². The Morgan fingerprint density at radius 3 is 2.13 bits per heavy atom. The third kappa shape index (κ3) is 8.58. The number of hydrogen-bond donors (Lipinski definition) is 1. The summed E-state index contributed by atoms with van der Waals surface area (Å²) in [7, 11) is 0. The van der Waals surface area contributed by atoms with Crippen molar-refractivity contribution in [1.29, 1.82) is 0 Å². The Bertz CT molecular complexity index is 834. The number of amides is 1. The normalized spacial score (nSPS) is 10.3. The Hall–Kier alpha value is -3.22. The van der Waals surface area contributed by atoms with Crippen molar-refractivity contribution < 1.29 is 28.5 Å². The Morgan fingerprint density at radius 2 is 1.45 bits per heavy atom. The second kappa shape index (κ2) is 13.2. The number of nitrogens with one attached hydrogen (secondary N) is 1. The van der Waals surface area contributed by atoms with E-state index >= 15 is 0 Å². The van der Waals surface area contributed by atoms with Gasteiger partial charge in [-0.05, 0) is 62.6 Å². The van der Waals surface area contributed by atoms with E-state index in [1.165, 1.54) is 0 Å². The lowest BCUT2D eigenvalue weighted by atomic mass is 10.1. The molecule has 0 atom stereocenters. The summed E-state index contributed by atoms with van der Waals surface area (Å²) in [5.41, 5.74) is 1.81. The van der Waals surface area contributed by atoms with E-state index in [9.17, 15) is 9.59 Å². The van der Waals surface area contributed by atoms with E-state index in [1.807, 2.05) is 39.0 Å². The van der Waals surface area contributed by atoms with Crippen molar-refractivity contribution in [2.75, 3.05) is 33.0 Å². The second-order valence-corrected chi connectivity index (χ2v) is 6.66. The number of carbonyl (C=O) groups excluding carboxylic acids is 2. The molecule has 0 bridgehead atoms. The molecule has 0 aliphatic carbocycles. The standard InChI is InChI=1S/C24H31NO6/c1-4-28-20-10-7-18(8-11-20)16-24(27)31-17-23(26)25-14-13-19-9-12-21(29-5-2)22(15-19)30-6-3/h7-12,15H,4-6,13-14,16-17H2,1-3H3,(H,25,26). The van der Waals surface area contributed by atoms with Crippen molar-refractivity contribution in [2.24, 2.45) is 0 Å². The highest BCUT2D eigenvalue weighted by Crippen LogP contribution is 2.28. The SMILES string of the molecule is CCOc1ccc(CC(=O)OCC(=O)NCCc2ccc(OCC)c(OCC)c2)cc1. The van der Waals surface area contributed by atoms with Crippen molar-refractivity contribution in [3.63, 3.8) is 0 Å². The molecule has 1 N–H and O–H groups in total. The molecule has 0 aliphatic rings. The van der Waals surface area contributed by atoms with E-state index in [0.29, 0.717) is 44.3 Å². The minimum Gasteiger partial charge on any atom is -0.494 e. The Labute approximate surface area is 183 Å². The molecule has 2 aromatic rings. The average molecular weight is 430 g/mol. The highest BCUT2D eigenvalue weighted by atomic mass is 16.5. The van der Waals surface area contributed by atoms with E-state index < -0.39 is 5.97 Å². The first-order valence-electron chi connectivity index (χ1n) is 10.6. The van der Waals surface area contributed by atoms with Crippen LogP contribution >= 0.6 is 0 Å².